The topological polar surface area (TPSA) is 48.4 Å². The first-order valence-electron chi connectivity index (χ1n) is 5.07. The first-order valence-corrected chi connectivity index (χ1v) is 6.15. The van der Waals surface area contributed by atoms with Gasteiger partial charge in [0.15, 0.2) is 0 Å². The van der Waals surface area contributed by atoms with Gasteiger partial charge in [0.05, 0.1) is 12.2 Å². The Hall–Kier alpha value is -1.20. The maximum atomic E-state index is 12.7. The monoisotopic (exact) mass is 411 g/mol. The Bertz CT molecular complexity index is 506. The minimum atomic E-state index is -5.11. The van der Waals surface area contributed by atoms with Crippen LogP contribution in [0.25, 0.3) is 0 Å². The summed E-state index contributed by atoms with van der Waals surface area (Å²) in [6.07, 6.45) is -8.11. The fourth-order valence-corrected chi connectivity index (χ4v) is 1.80. The van der Waals surface area contributed by atoms with Crippen LogP contribution in [0.1, 0.15) is 29.3 Å². The summed E-state index contributed by atoms with van der Waals surface area (Å²) in [7, 11) is 0. The van der Waals surface area contributed by atoms with Gasteiger partial charge < -0.3 is 9.47 Å². The first kappa shape index (κ1) is 16.9. The summed E-state index contributed by atoms with van der Waals surface area (Å²) >= 11 is 1.32. The Balaban J connectivity index is 3.33. The van der Waals surface area contributed by atoms with Gasteiger partial charge >= 0.3 is 12.3 Å². The number of carbonyl (C=O) groups excluding carboxylic acids is 1. The zero-order chi connectivity index (χ0) is 15.5. The lowest BCUT2D eigenvalue weighted by Gasteiger charge is -2.13. The van der Waals surface area contributed by atoms with E-state index in [1.165, 1.54) is 29.5 Å². The third-order valence-electron chi connectivity index (χ3n) is 1.91. The van der Waals surface area contributed by atoms with Gasteiger partial charge in [0.2, 0.25) is 5.88 Å². The third-order valence-corrected chi connectivity index (χ3v) is 2.78. The van der Waals surface area contributed by atoms with E-state index < -0.39 is 39.5 Å². The number of esters is 1. The third kappa shape index (κ3) is 4.42. The molecule has 0 aliphatic rings. The SMILES string of the molecule is CCOC(=O)c1cc(C(F)F)c(I)nc1OC(F)(F)F. The number of alkyl halides is 5. The molecule has 4 nitrogen and oxygen atoms in total. The Morgan fingerprint density at radius 1 is 1.45 bits per heavy atom. The fraction of sp³-hybridized carbons (Fsp3) is 0.400. The van der Waals surface area contributed by atoms with E-state index in [0.29, 0.717) is 6.07 Å². The second-order valence-corrected chi connectivity index (χ2v) is 4.31. The van der Waals surface area contributed by atoms with Gasteiger partial charge in [-0.2, -0.15) is 0 Å². The highest BCUT2D eigenvalue weighted by Crippen LogP contribution is 2.31. The van der Waals surface area contributed by atoms with Gasteiger partial charge in [-0.25, -0.2) is 18.6 Å². The molecule has 0 aromatic carbocycles. The second kappa shape index (κ2) is 6.50. The van der Waals surface area contributed by atoms with Crippen molar-refractivity contribution in [2.24, 2.45) is 0 Å². The molecule has 1 heterocycles. The normalized spacial score (nSPS) is 11.6. The molecule has 0 atom stereocenters. The number of halogens is 6. The van der Waals surface area contributed by atoms with Gasteiger partial charge in [-0.15, -0.1) is 13.2 Å². The van der Waals surface area contributed by atoms with E-state index in [1.807, 2.05) is 0 Å². The van der Waals surface area contributed by atoms with Gasteiger partial charge in [0.25, 0.3) is 6.43 Å². The molecule has 0 bridgehead atoms. The molecule has 0 spiro atoms. The molecule has 1 aromatic heterocycles. The van der Waals surface area contributed by atoms with Gasteiger partial charge in [-0.1, -0.05) is 0 Å². The predicted octanol–water partition coefficient (Wildman–Crippen LogP) is 3.70. The summed E-state index contributed by atoms with van der Waals surface area (Å²) in [6.45, 7) is 1.27. The van der Waals surface area contributed by atoms with Gasteiger partial charge in [0, 0.05) is 0 Å². The number of rotatable bonds is 4. The van der Waals surface area contributed by atoms with Crippen LogP contribution >= 0.6 is 22.6 Å². The molecule has 112 valence electrons. The van der Waals surface area contributed by atoms with Crippen LogP contribution in [0, 0.1) is 3.70 Å². The summed E-state index contributed by atoms with van der Waals surface area (Å²) in [5, 5.41) is 0. The molecule has 0 aliphatic carbocycles. The maximum Gasteiger partial charge on any atom is 0.574 e. The molecule has 10 heteroatoms. The number of nitrogens with zero attached hydrogens (tertiary/aromatic N) is 1. The lowest BCUT2D eigenvalue weighted by Crippen LogP contribution is -2.21. The Morgan fingerprint density at radius 3 is 2.50 bits per heavy atom. The van der Waals surface area contributed by atoms with E-state index in [2.05, 4.69) is 14.5 Å². The zero-order valence-electron chi connectivity index (χ0n) is 9.80. The smallest absolute Gasteiger partial charge is 0.462 e. The molecule has 1 rings (SSSR count). The molecule has 0 aliphatic heterocycles. The van der Waals surface area contributed by atoms with Crippen molar-refractivity contribution in [2.45, 2.75) is 19.7 Å². The van der Waals surface area contributed by atoms with Crippen molar-refractivity contribution in [3.8, 4) is 5.88 Å². The van der Waals surface area contributed by atoms with Crippen LogP contribution in [0.15, 0.2) is 6.07 Å². The van der Waals surface area contributed by atoms with Crippen LogP contribution in [0.2, 0.25) is 0 Å². The standard InChI is InChI=1S/C10H7F5INO3/c1-2-19-9(18)5-3-4(6(11)12)7(16)17-8(5)20-10(13,14)15/h3,6H,2H2,1H3. The van der Waals surface area contributed by atoms with Crippen LogP contribution in [0.3, 0.4) is 0 Å². The van der Waals surface area contributed by atoms with Crippen molar-refractivity contribution in [1.29, 1.82) is 0 Å². The van der Waals surface area contributed by atoms with Gasteiger partial charge in [-0.3, -0.25) is 0 Å². The van der Waals surface area contributed by atoms with Crippen molar-refractivity contribution in [1.82, 2.24) is 4.98 Å². The van der Waals surface area contributed by atoms with Crippen LogP contribution in [0.4, 0.5) is 22.0 Å². The molecule has 20 heavy (non-hydrogen) atoms. The molecule has 0 saturated heterocycles. The summed E-state index contributed by atoms with van der Waals surface area (Å²) in [5.74, 6) is -2.35. The molecule has 0 N–H and O–H groups in total. The lowest BCUT2D eigenvalue weighted by molar-refractivity contribution is -0.276. The van der Waals surface area contributed by atoms with E-state index in [4.69, 9.17) is 0 Å². The van der Waals surface area contributed by atoms with E-state index >= 15 is 0 Å². The molecule has 0 radical (unpaired) electrons. The number of carbonyl (C=O) groups is 1. The summed E-state index contributed by atoms with van der Waals surface area (Å²) < 4.78 is 69.6. The summed E-state index contributed by atoms with van der Waals surface area (Å²) in [5.41, 5.74) is -1.48. The quantitative estimate of drug-likeness (QED) is 0.328. The van der Waals surface area contributed by atoms with Gasteiger partial charge in [-0.05, 0) is 35.6 Å². The molecule has 0 unspecified atom stereocenters. The second-order valence-electron chi connectivity index (χ2n) is 3.29. The minimum Gasteiger partial charge on any atom is -0.462 e. The summed E-state index contributed by atoms with van der Waals surface area (Å²) in [4.78, 5) is 14.7. The van der Waals surface area contributed by atoms with Crippen molar-refractivity contribution in [3.05, 3.63) is 20.9 Å². The molecule has 0 amide bonds. The van der Waals surface area contributed by atoms with Crippen LogP contribution in [0.5, 0.6) is 5.88 Å². The van der Waals surface area contributed by atoms with Crippen molar-refractivity contribution in [2.75, 3.05) is 6.61 Å². The number of pyridine rings is 1. The molecule has 0 saturated carbocycles. The molecular weight excluding hydrogens is 404 g/mol. The summed E-state index contributed by atoms with van der Waals surface area (Å²) in [6, 6.07) is 0.582. The predicted molar refractivity (Wildman–Crippen MR) is 64.6 cm³/mol. The molecule has 0 fully saturated rings. The lowest BCUT2D eigenvalue weighted by atomic mass is 10.2. The van der Waals surface area contributed by atoms with E-state index in [9.17, 15) is 26.7 Å². The maximum absolute atomic E-state index is 12.7. The van der Waals surface area contributed by atoms with Crippen molar-refractivity contribution >= 4 is 28.6 Å². The molecule has 1 aromatic rings. The van der Waals surface area contributed by atoms with Crippen LogP contribution in [-0.2, 0) is 4.74 Å². The number of hydrogen-bond donors (Lipinski definition) is 0. The highest BCUT2D eigenvalue weighted by molar-refractivity contribution is 14.1. The van der Waals surface area contributed by atoms with Crippen molar-refractivity contribution < 1.29 is 36.2 Å². The zero-order valence-corrected chi connectivity index (χ0v) is 12.0. The van der Waals surface area contributed by atoms with Crippen LogP contribution in [-0.4, -0.2) is 23.9 Å². The Morgan fingerprint density at radius 2 is 2.05 bits per heavy atom. The largest absolute Gasteiger partial charge is 0.574 e. The average Bonchev–Trinajstić information content (AvgIpc) is 2.26. The molecular formula is C10H7F5INO3. The number of hydrogen-bond acceptors (Lipinski definition) is 4. The Labute approximate surface area is 123 Å². The van der Waals surface area contributed by atoms with E-state index in [1.54, 1.807) is 0 Å². The average molecular weight is 411 g/mol. The van der Waals surface area contributed by atoms with E-state index in [0.717, 1.165) is 0 Å². The Kier molecular flexibility index (Phi) is 5.48. The van der Waals surface area contributed by atoms with Crippen molar-refractivity contribution in [3.63, 3.8) is 0 Å². The number of ether oxygens (including phenoxy) is 2. The highest BCUT2D eigenvalue weighted by Gasteiger charge is 2.35. The first-order chi connectivity index (χ1) is 9.15. The highest BCUT2D eigenvalue weighted by atomic mass is 127. The van der Waals surface area contributed by atoms with Gasteiger partial charge in [0.1, 0.15) is 9.26 Å². The van der Waals surface area contributed by atoms with Crippen LogP contribution < -0.4 is 4.74 Å². The minimum absolute atomic E-state index is 0.139. The van der Waals surface area contributed by atoms with E-state index in [-0.39, 0.29) is 6.61 Å². The fourth-order valence-electron chi connectivity index (χ4n) is 1.19. The number of aromatic nitrogens is 1.